The molecule has 4 rings (SSSR count). The molecule has 0 spiro atoms. The van der Waals surface area contributed by atoms with Crippen LogP contribution in [0.4, 0.5) is 10.1 Å². The molecule has 7 nitrogen and oxygen atoms in total. The summed E-state index contributed by atoms with van der Waals surface area (Å²) in [5, 5.41) is 19.8. The summed E-state index contributed by atoms with van der Waals surface area (Å²) in [7, 11) is 0. The van der Waals surface area contributed by atoms with Crippen LogP contribution >= 0.6 is 0 Å². The van der Waals surface area contributed by atoms with E-state index in [1.165, 1.54) is 6.20 Å². The van der Waals surface area contributed by atoms with Crippen molar-refractivity contribution < 1.29 is 24.1 Å². The number of aromatic nitrogens is 1. The number of nitrogens with zero attached hydrogens (tertiary/aromatic N) is 2. The molecule has 1 saturated heterocycles. The fourth-order valence-corrected chi connectivity index (χ4v) is 4.35. The van der Waals surface area contributed by atoms with E-state index < -0.39 is 28.7 Å². The number of carboxylic acids is 1. The lowest BCUT2D eigenvalue weighted by molar-refractivity contribution is 0.0333. The van der Waals surface area contributed by atoms with Crippen LogP contribution in [-0.4, -0.2) is 46.5 Å². The van der Waals surface area contributed by atoms with Gasteiger partial charge in [0, 0.05) is 30.7 Å². The number of anilines is 1. The Balaban J connectivity index is 2.01. The monoisotopic (exact) mass is 418 g/mol. The van der Waals surface area contributed by atoms with Gasteiger partial charge in [-0.2, -0.15) is 0 Å². The van der Waals surface area contributed by atoms with Crippen LogP contribution in [0.3, 0.4) is 0 Å². The summed E-state index contributed by atoms with van der Waals surface area (Å²) in [6.07, 6.45) is 3.08. The first kappa shape index (κ1) is 20.7. The number of rotatable bonds is 5. The van der Waals surface area contributed by atoms with Crippen molar-refractivity contribution in [2.75, 3.05) is 24.6 Å². The summed E-state index contributed by atoms with van der Waals surface area (Å²) in [6, 6.07) is 1.20. The Kier molecular flexibility index (Phi) is 5.00. The smallest absolute Gasteiger partial charge is 0.341 e. The van der Waals surface area contributed by atoms with Crippen LogP contribution in [0.25, 0.3) is 10.9 Å². The Hall–Kier alpha value is -2.61. The largest absolute Gasteiger partial charge is 0.489 e. The lowest BCUT2D eigenvalue weighted by atomic mass is 9.81. The van der Waals surface area contributed by atoms with Crippen LogP contribution < -0.4 is 15.1 Å². The van der Waals surface area contributed by atoms with Crippen molar-refractivity contribution in [1.82, 2.24) is 4.57 Å². The van der Waals surface area contributed by atoms with Gasteiger partial charge in [-0.15, -0.1) is 0 Å². The summed E-state index contributed by atoms with van der Waals surface area (Å²) >= 11 is 0. The second-order valence-corrected chi connectivity index (χ2v) is 8.90. The highest BCUT2D eigenvalue weighted by molar-refractivity contribution is 5.97. The summed E-state index contributed by atoms with van der Waals surface area (Å²) in [5.74, 6) is -1.69. The average Bonchev–Trinajstić information content (AvgIpc) is 3.50. The molecule has 1 unspecified atom stereocenters. The molecule has 1 atom stereocenters. The molecular formula is C22H27FN2O5. The van der Waals surface area contributed by atoms with Crippen molar-refractivity contribution >= 4 is 22.6 Å². The standard InChI is InChI=1S/C22H27FN2O5/c1-4-30-20-17-13(19(27)14(21(28)29)10-25(17)12-5-6-12)9-15(23)18(20)24-8-7-16(26)22(2,3)11-24/h9-10,12,16,26H,4-8,11H2,1-3H3,(H,28,29). The van der Waals surface area contributed by atoms with Crippen molar-refractivity contribution in [3.63, 3.8) is 0 Å². The van der Waals surface area contributed by atoms with Gasteiger partial charge >= 0.3 is 5.97 Å². The molecule has 0 radical (unpaired) electrons. The number of hydrogen-bond donors (Lipinski definition) is 2. The minimum Gasteiger partial charge on any atom is -0.489 e. The third-order valence-electron chi connectivity index (χ3n) is 6.15. The van der Waals surface area contributed by atoms with E-state index in [4.69, 9.17) is 4.74 Å². The Morgan fingerprint density at radius 3 is 2.60 bits per heavy atom. The summed E-state index contributed by atoms with van der Waals surface area (Å²) in [5.41, 5.74) is -0.816. The quantitative estimate of drug-likeness (QED) is 0.775. The molecule has 2 N–H and O–H groups in total. The van der Waals surface area contributed by atoms with Gasteiger partial charge in [0.25, 0.3) is 0 Å². The molecule has 1 aliphatic carbocycles. The van der Waals surface area contributed by atoms with Crippen LogP contribution in [-0.2, 0) is 0 Å². The molecular weight excluding hydrogens is 391 g/mol. The summed E-state index contributed by atoms with van der Waals surface area (Å²) in [6.45, 7) is 6.80. The van der Waals surface area contributed by atoms with Gasteiger partial charge in [-0.3, -0.25) is 4.79 Å². The zero-order valence-corrected chi connectivity index (χ0v) is 17.4. The summed E-state index contributed by atoms with van der Waals surface area (Å²) < 4.78 is 23.1. The first-order valence-corrected chi connectivity index (χ1v) is 10.4. The maximum Gasteiger partial charge on any atom is 0.341 e. The van der Waals surface area contributed by atoms with E-state index >= 15 is 4.39 Å². The van der Waals surface area contributed by atoms with E-state index in [1.807, 2.05) is 18.7 Å². The van der Waals surface area contributed by atoms with Crippen molar-refractivity contribution in [2.24, 2.45) is 5.41 Å². The number of ether oxygens (including phenoxy) is 1. The van der Waals surface area contributed by atoms with Gasteiger partial charge in [-0.1, -0.05) is 13.8 Å². The molecule has 162 valence electrons. The lowest BCUT2D eigenvalue weighted by Crippen LogP contribution is -2.49. The number of aliphatic hydroxyl groups is 1. The average molecular weight is 418 g/mol. The van der Waals surface area contributed by atoms with E-state index in [1.54, 1.807) is 11.5 Å². The predicted molar refractivity (Wildman–Crippen MR) is 111 cm³/mol. The fraction of sp³-hybridized carbons (Fsp3) is 0.545. The predicted octanol–water partition coefficient (Wildman–Crippen LogP) is 3.17. The number of carbonyl (C=O) groups is 1. The maximum atomic E-state index is 15.4. The third-order valence-corrected chi connectivity index (χ3v) is 6.15. The Labute approximate surface area is 173 Å². The Morgan fingerprint density at radius 1 is 1.33 bits per heavy atom. The number of hydrogen-bond acceptors (Lipinski definition) is 5. The fourth-order valence-electron chi connectivity index (χ4n) is 4.35. The van der Waals surface area contributed by atoms with Crippen LogP contribution in [0.1, 0.15) is 56.4 Å². The number of aromatic carboxylic acids is 1. The maximum absolute atomic E-state index is 15.4. The van der Waals surface area contributed by atoms with E-state index in [2.05, 4.69) is 0 Å². The number of benzene rings is 1. The molecule has 2 aromatic rings. The van der Waals surface area contributed by atoms with Crippen molar-refractivity contribution in [3.05, 3.63) is 33.9 Å². The van der Waals surface area contributed by atoms with Gasteiger partial charge < -0.3 is 24.4 Å². The van der Waals surface area contributed by atoms with Gasteiger partial charge in [0.05, 0.1) is 23.6 Å². The van der Waals surface area contributed by atoms with Gasteiger partial charge in [0.1, 0.15) is 11.3 Å². The van der Waals surface area contributed by atoms with Gasteiger partial charge in [0.2, 0.25) is 5.43 Å². The molecule has 1 aliphatic heterocycles. The highest BCUT2D eigenvalue weighted by Gasteiger charge is 2.38. The van der Waals surface area contributed by atoms with Crippen LogP contribution in [0.5, 0.6) is 5.75 Å². The lowest BCUT2D eigenvalue weighted by Gasteiger charge is -2.43. The first-order chi connectivity index (χ1) is 14.2. The van der Waals surface area contributed by atoms with Crippen LogP contribution in [0, 0.1) is 11.2 Å². The summed E-state index contributed by atoms with van der Waals surface area (Å²) in [4.78, 5) is 26.3. The van der Waals surface area contributed by atoms with Crippen LogP contribution in [0.15, 0.2) is 17.1 Å². The SMILES string of the molecule is CCOc1c(N2CCC(O)C(C)(C)C2)c(F)cc2c(=O)c(C(=O)O)cn(C3CC3)c12. The van der Waals surface area contributed by atoms with E-state index in [0.717, 1.165) is 18.9 Å². The highest BCUT2D eigenvalue weighted by atomic mass is 19.1. The van der Waals surface area contributed by atoms with E-state index in [-0.39, 0.29) is 35.0 Å². The van der Waals surface area contributed by atoms with E-state index in [0.29, 0.717) is 25.0 Å². The number of fused-ring (bicyclic) bond motifs is 1. The van der Waals surface area contributed by atoms with Crippen molar-refractivity contribution in [1.29, 1.82) is 0 Å². The molecule has 2 aliphatic rings. The molecule has 8 heteroatoms. The minimum atomic E-state index is -1.33. The van der Waals surface area contributed by atoms with Crippen LogP contribution in [0.2, 0.25) is 0 Å². The Bertz CT molecular complexity index is 1070. The zero-order valence-electron chi connectivity index (χ0n) is 17.4. The molecule has 1 aromatic carbocycles. The molecule has 2 heterocycles. The molecule has 0 amide bonds. The molecule has 0 bridgehead atoms. The second kappa shape index (κ2) is 7.27. The molecule has 1 aromatic heterocycles. The van der Waals surface area contributed by atoms with Crippen molar-refractivity contribution in [3.8, 4) is 5.75 Å². The molecule has 1 saturated carbocycles. The van der Waals surface area contributed by atoms with Gasteiger partial charge in [0.15, 0.2) is 11.6 Å². The number of piperidine rings is 1. The highest BCUT2D eigenvalue weighted by Crippen LogP contribution is 2.45. The third kappa shape index (κ3) is 3.33. The second-order valence-electron chi connectivity index (χ2n) is 8.90. The topological polar surface area (TPSA) is 92.0 Å². The number of pyridine rings is 1. The zero-order chi connectivity index (χ0) is 21.8. The van der Waals surface area contributed by atoms with Gasteiger partial charge in [-0.25, -0.2) is 9.18 Å². The molecule has 2 fully saturated rings. The Morgan fingerprint density at radius 2 is 2.03 bits per heavy atom. The number of carboxylic acid groups (broad SMARTS) is 1. The van der Waals surface area contributed by atoms with Crippen molar-refractivity contribution in [2.45, 2.75) is 52.2 Å². The minimum absolute atomic E-state index is 0.0165. The van der Waals surface area contributed by atoms with Gasteiger partial charge in [-0.05, 0) is 32.3 Å². The number of halogens is 1. The normalized spacial score (nSPS) is 21.1. The van der Waals surface area contributed by atoms with E-state index in [9.17, 15) is 19.8 Å². The molecule has 30 heavy (non-hydrogen) atoms. The first-order valence-electron chi connectivity index (χ1n) is 10.4. The number of aliphatic hydroxyl groups excluding tert-OH is 1.